The SMILES string of the molecule is Cc1cc(C)c(C(N)c2cc(I)ccc2Br)c(F)c1. The number of nitrogens with two attached hydrogens (primary N) is 1. The molecule has 0 saturated carbocycles. The average Bonchev–Trinajstić information content (AvgIpc) is 2.30. The first-order valence-corrected chi connectivity index (χ1v) is 7.74. The molecule has 0 radical (unpaired) electrons. The molecular weight excluding hydrogens is 420 g/mol. The summed E-state index contributed by atoms with van der Waals surface area (Å²) >= 11 is 5.71. The fourth-order valence-electron chi connectivity index (χ4n) is 2.23. The summed E-state index contributed by atoms with van der Waals surface area (Å²) < 4.78 is 16.2. The van der Waals surface area contributed by atoms with Gasteiger partial charge < -0.3 is 5.73 Å². The van der Waals surface area contributed by atoms with E-state index in [1.165, 1.54) is 6.07 Å². The Bertz CT molecular complexity index is 605. The molecule has 1 atom stereocenters. The number of benzene rings is 2. The third-order valence-electron chi connectivity index (χ3n) is 3.08. The highest BCUT2D eigenvalue weighted by atomic mass is 127. The first-order chi connectivity index (χ1) is 8.90. The second-order valence-electron chi connectivity index (χ2n) is 4.62. The molecule has 0 aliphatic rings. The molecule has 2 N–H and O–H groups in total. The molecule has 0 bridgehead atoms. The standard InChI is InChI=1S/C15H14BrFIN/c1-8-5-9(2)14(13(17)6-8)15(19)11-7-10(18)3-4-12(11)16/h3-7,15H,19H2,1-2H3. The van der Waals surface area contributed by atoms with Crippen molar-refractivity contribution < 1.29 is 4.39 Å². The van der Waals surface area contributed by atoms with Gasteiger partial charge in [-0.15, -0.1) is 0 Å². The first-order valence-electron chi connectivity index (χ1n) is 5.87. The molecule has 1 nitrogen and oxygen atoms in total. The van der Waals surface area contributed by atoms with Crippen molar-refractivity contribution in [1.29, 1.82) is 0 Å². The normalized spacial score (nSPS) is 12.5. The van der Waals surface area contributed by atoms with Crippen molar-refractivity contribution in [2.45, 2.75) is 19.9 Å². The van der Waals surface area contributed by atoms with Crippen molar-refractivity contribution in [1.82, 2.24) is 0 Å². The van der Waals surface area contributed by atoms with Crippen molar-refractivity contribution >= 4 is 38.5 Å². The van der Waals surface area contributed by atoms with Crippen molar-refractivity contribution in [2.24, 2.45) is 5.73 Å². The highest BCUT2D eigenvalue weighted by Crippen LogP contribution is 2.31. The fourth-order valence-corrected chi connectivity index (χ4v) is 3.24. The number of aryl methyl sites for hydroxylation is 2. The zero-order valence-electron chi connectivity index (χ0n) is 10.7. The van der Waals surface area contributed by atoms with Gasteiger partial charge in [0.15, 0.2) is 0 Å². The quantitative estimate of drug-likeness (QED) is 0.672. The van der Waals surface area contributed by atoms with Gasteiger partial charge in [0.1, 0.15) is 5.82 Å². The molecule has 19 heavy (non-hydrogen) atoms. The predicted molar refractivity (Wildman–Crippen MR) is 88.8 cm³/mol. The van der Waals surface area contributed by atoms with Crippen LogP contribution in [0.15, 0.2) is 34.8 Å². The highest BCUT2D eigenvalue weighted by Gasteiger charge is 2.19. The van der Waals surface area contributed by atoms with Gasteiger partial charge >= 0.3 is 0 Å². The van der Waals surface area contributed by atoms with Crippen LogP contribution in [0.5, 0.6) is 0 Å². The maximum atomic E-state index is 14.2. The first kappa shape index (κ1) is 14.9. The molecule has 0 aromatic heterocycles. The van der Waals surface area contributed by atoms with Crippen molar-refractivity contribution in [2.75, 3.05) is 0 Å². The van der Waals surface area contributed by atoms with Gasteiger partial charge in [0.05, 0.1) is 6.04 Å². The molecule has 0 aliphatic carbocycles. The molecule has 0 spiro atoms. The van der Waals surface area contributed by atoms with E-state index in [0.717, 1.165) is 24.7 Å². The molecule has 2 aromatic carbocycles. The molecule has 4 heteroatoms. The van der Waals surface area contributed by atoms with Gasteiger partial charge in [0.2, 0.25) is 0 Å². The molecule has 2 aromatic rings. The molecule has 0 amide bonds. The molecule has 0 saturated heterocycles. The van der Waals surface area contributed by atoms with Crippen LogP contribution in [0.2, 0.25) is 0 Å². The zero-order chi connectivity index (χ0) is 14.2. The van der Waals surface area contributed by atoms with E-state index >= 15 is 0 Å². The maximum Gasteiger partial charge on any atom is 0.128 e. The van der Waals surface area contributed by atoms with E-state index < -0.39 is 6.04 Å². The van der Waals surface area contributed by atoms with E-state index in [4.69, 9.17) is 5.73 Å². The lowest BCUT2D eigenvalue weighted by Crippen LogP contribution is -2.16. The summed E-state index contributed by atoms with van der Waals surface area (Å²) in [7, 11) is 0. The Kier molecular flexibility index (Phi) is 4.63. The summed E-state index contributed by atoms with van der Waals surface area (Å²) in [5.74, 6) is -0.240. The van der Waals surface area contributed by atoms with Crippen LogP contribution in [0.4, 0.5) is 4.39 Å². The zero-order valence-corrected chi connectivity index (χ0v) is 14.4. The number of hydrogen-bond acceptors (Lipinski definition) is 1. The third-order valence-corrected chi connectivity index (χ3v) is 4.48. The third kappa shape index (κ3) is 3.17. The minimum absolute atomic E-state index is 0.240. The van der Waals surface area contributed by atoms with Crippen LogP contribution in [0.3, 0.4) is 0 Å². The monoisotopic (exact) mass is 433 g/mol. The average molecular weight is 434 g/mol. The molecule has 1 unspecified atom stereocenters. The van der Waals surface area contributed by atoms with Gasteiger partial charge in [-0.1, -0.05) is 22.0 Å². The van der Waals surface area contributed by atoms with E-state index in [2.05, 4.69) is 38.5 Å². The Hall–Kier alpha value is -0.460. The highest BCUT2D eigenvalue weighted by molar-refractivity contribution is 14.1. The molecular formula is C15H14BrFIN. The van der Waals surface area contributed by atoms with Crippen LogP contribution in [-0.2, 0) is 0 Å². The van der Waals surface area contributed by atoms with E-state index in [-0.39, 0.29) is 5.82 Å². The topological polar surface area (TPSA) is 26.0 Å². The van der Waals surface area contributed by atoms with Crippen LogP contribution in [0, 0.1) is 23.2 Å². The largest absolute Gasteiger partial charge is 0.320 e. The van der Waals surface area contributed by atoms with Gasteiger partial charge in [-0.05, 0) is 77.4 Å². The fraction of sp³-hybridized carbons (Fsp3) is 0.200. The van der Waals surface area contributed by atoms with E-state index in [1.54, 1.807) is 0 Å². The van der Waals surface area contributed by atoms with Crippen molar-refractivity contribution in [3.8, 4) is 0 Å². The minimum Gasteiger partial charge on any atom is -0.320 e. The Morgan fingerprint density at radius 1 is 1.21 bits per heavy atom. The summed E-state index contributed by atoms with van der Waals surface area (Å²) in [6, 6.07) is 8.93. The van der Waals surface area contributed by atoms with E-state index in [1.807, 2.05) is 38.1 Å². The molecule has 0 aliphatic heterocycles. The Morgan fingerprint density at radius 2 is 1.89 bits per heavy atom. The smallest absolute Gasteiger partial charge is 0.128 e. The van der Waals surface area contributed by atoms with Crippen LogP contribution in [0.1, 0.15) is 28.3 Å². The summed E-state index contributed by atoms with van der Waals surface area (Å²) in [5.41, 5.74) is 9.52. The van der Waals surface area contributed by atoms with Gasteiger partial charge in [0.25, 0.3) is 0 Å². The summed E-state index contributed by atoms with van der Waals surface area (Å²) in [6.07, 6.45) is 0. The minimum atomic E-state index is -0.468. The van der Waals surface area contributed by atoms with Gasteiger partial charge in [0, 0.05) is 13.6 Å². The van der Waals surface area contributed by atoms with Crippen LogP contribution < -0.4 is 5.73 Å². The second kappa shape index (κ2) is 5.89. The lowest BCUT2D eigenvalue weighted by Gasteiger charge is -2.18. The van der Waals surface area contributed by atoms with E-state index in [9.17, 15) is 4.39 Å². The summed E-state index contributed by atoms with van der Waals surface area (Å²) in [4.78, 5) is 0. The lowest BCUT2D eigenvalue weighted by atomic mass is 9.94. The molecule has 100 valence electrons. The number of rotatable bonds is 2. The number of halogens is 3. The number of hydrogen-bond donors (Lipinski definition) is 1. The Morgan fingerprint density at radius 3 is 2.53 bits per heavy atom. The van der Waals surface area contributed by atoms with Crippen molar-refractivity contribution in [3.05, 3.63) is 66.4 Å². The van der Waals surface area contributed by atoms with Gasteiger partial charge in [-0.2, -0.15) is 0 Å². The maximum absolute atomic E-state index is 14.2. The van der Waals surface area contributed by atoms with Gasteiger partial charge in [-0.25, -0.2) is 4.39 Å². The predicted octanol–water partition coefficient (Wildman–Crippen LogP) is 4.86. The van der Waals surface area contributed by atoms with Crippen LogP contribution in [0.25, 0.3) is 0 Å². The molecule has 0 heterocycles. The Balaban J connectivity index is 2.56. The Labute approximate surface area is 134 Å². The molecule has 0 fully saturated rings. The lowest BCUT2D eigenvalue weighted by molar-refractivity contribution is 0.595. The molecule has 2 rings (SSSR count). The van der Waals surface area contributed by atoms with Crippen molar-refractivity contribution in [3.63, 3.8) is 0 Å². The van der Waals surface area contributed by atoms with Crippen LogP contribution in [-0.4, -0.2) is 0 Å². The summed E-state index contributed by atoms with van der Waals surface area (Å²) in [6.45, 7) is 3.78. The summed E-state index contributed by atoms with van der Waals surface area (Å²) in [5, 5.41) is 0. The second-order valence-corrected chi connectivity index (χ2v) is 6.72. The van der Waals surface area contributed by atoms with Crippen LogP contribution >= 0.6 is 38.5 Å². The van der Waals surface area contributed by atoms with E-state index in [0.29, 0.717) is 5.56 Å². The van der Waals surface area contributed by atoms with Gasteiger partial charge in [-0.3, -0.25) is 0 Å².